The molecule has 3 aliphatic rings. The standard InChI is InChI=1S/C27H26BNO4S2/c1-26(2)24(30)32-28(29(26,5)27(3,4)25(31)33-28)18-11-8-10-17(16-18)19-12-9-15-22-23(19)35-21-14-7-6-13-20(21)34-22/h6-16H,1-5H3. The molecule has 3 aliphatic heterocycles. The maximum Gasteiger partial charge on any atom is 0.615 e. The zero-order valence-electron chi connectivity index (χ0n) is 20.3. The van der Waals surface area contributed by atoms with E-state index >= 15 is 0 Å². The Labute approximate surface area is 213 Å². The second kappa shape index (κ2) is 7.18. The number of likely N-dealkylation sites (N-methyl/N-ethyl adjacent to an activating group) is 1. The molecule has 0 amide bonds. The summed E-state index contributed by atoms with van der Waals surface area (Å²) >= 11 is 3.54. The lowest BCUT2D eigenvalue weighted by atomic mass is 9.57. The number of hydrogen-bond donors (Lipinski definition) is 0. The van der Waals surface area contributed by atoms with E-state index in [0.29, 0.717) is 5.46 Å². The second-order valence-corrected chi connectivity index (χ2v) is 12.7. The lowest BCUT2D eigenvalue weighted by Gasteiger charge is -2.54. The van der Waals surface area contributed by atoms with Crippen molar-refractivity contribution >= 4 is 47.6 Å². The highest BCUT2D eigenvalue weighted by Crippen LogP contribution is 2.53. The molecule has 8 heteroatoms. The van der Waals surface area contributed by atoms with Crippen molar-refractivity contribution in [2.75, 3.05) is 7.05 Å². The van der Waals surface area contributed by atoms with E-state index in [1.54, 1.807) is 23.5 Å². The zero-order chi connectivity index (χ0) is 24.8. The Balaban J connectivity index is 1.51. The molecule has 2 fully saturated rings. The maximum atomic E-state index is 13.1. The molecule has 178 valence electrons. The number of carbonyl (C=O) groups is 2. The van der Waals surface area contributed by atoms with Crippen LogP contribution in [0.2, 0.25) is 0 Å². The highest BCUT2D eigenvalue weighted by molar-refractivity contribution is 8.05. The molecular weight excluding hydrogens is 477 g/mol. The summed E-state index contributed by atoms with van der Waals surface area (Å²) < 4.78 is 12.2. The van der Waals surface area contributed by atoms with Gasteiger partial charge in [0, 0.05) is 26.6 Å². The molecule has 3 aromatic rings. The quantitative estimate of drug-likeness (QED) is 0.349. The summed E-state index contributed by atoms with van der Waals surface area (Å²) in [7, 11) is 1.91. The molecule has 0 unspecified atom stereocenters. The van der Waals surface area contributed by atoms with E-state index in [-0.39, 0.29) is 16.3 Å². The first-order valence-electron chi connectivity index (χ1n) is 11.7. The number of rotatable bonds is 2. The van der Waals surface area contributed by atoms with Crippen molar-refractivity contribution in [1.82, 2.24) is 0 Å². The van der Waals surface area contributed by atoms with Crippen LogP contribution in [-0.4, -0.2) is 41.1 Å². The molecule has 0 bridgehead atoms. The van der Waals surface area contributed by atoms with Crippen molar-refractivity contribution in [2.24, 2.45) is 0 Å². The molecule has 0 aliphatic carbocycles. The molecule has 0 spiro atoms. The van der Waals surface area contributed by atoms with Gasteiger partial charge in [-0.05, 0) is 62.5 Å². The van der Waals surface area contributed by atoms with Crippen molar-refractivity contribution in [1.29, 1.82) is 0 Å². The van der Waals surface area contributed by atoms with E-state index in [2.05, 4.69) is 48.5 Å². The highest BCUT2D eigenvalue weighted by atomic mass is 32.2. The average Bonchev–Trinajstić information content (AvgIpc) is 3.11. The Hall–Kier alpha value is -2.68. The van der Waals surface area contributed by atoms with Crippen molar-refractivity contribution in [3.63, 3.8) is 0 Å². The van der Waals surface area contributed by atoms with Gasteiger partial charge in [-0.15, -0.1) is 0 Å². The number of hydrogen-bond acceptors (Lipinski definition) is 6. The Morgan fingerprint density at radius 3 is 1.97 bits per heavy atom. The van der Waals surface area contributed by atoms with Gasteiger partial charge in [0.1, 0.15) is 0 Å². The molecule has 2 saturated heterocycles. The van der Waals surface area contributed by atoms with Crippen LogP contribution in [0.5, 0.6) is 0 Å². The van der Waals surface area contributed by atoms with Crippen molar-refractivity contribution < 1.29 is 23.3 Å². The summed E-state index contributed by atoms with van der Waals surface area (Å²) in [5.74, 6) is -0.710. The van der Waals surface area contributed by atoms with Crippen LogP contribution in [0.25, 0.3) is 11.1 Å². The van der Waals surface area contributed by atoms with Crippen molar-refractivity contribution in [3.05, 3.63) is 66.7 Å². The predicted molar refractivity (Wildman–Crippen MR) is 138 cm³/mol. The minimum Gasteiger partial charge on any atom is -0.596 e. The third kappa shape index (κ3) is 2.73. The highest BCUT2D eigenvalue weighted by Gasteiger charge is 2.80. The molecule has 35 heavy (non-hydrogen) atoms. The molecule has 6 rings (SSSR count). The Morgan fingerprint density at radius 1 is 0.743 bits per heavy atom. The fourth-order valence-electron chi connectivity index (χ4n) is 5.88. The molecule has 3 aromatic carbocycles. The van der Waals surface area contributed by atoms with E-state index in [0.717, 1.165) is 11.1 Å². The number of benzene rings is 3. The minimum atomic E-state index is -2.43. The second-order valence-electron chi connectivity index (χ2n) is 10.6. The van der Waals surface area contributed by atoms with Gasteiger partial charge in [0.2, 0.25) is 0 Å². The SMILES string of the molecule is CC1(C)C(=O)O[B-]2(c3cccc(-c4cccc5c4Sc4ccccc4S5)c3)OC(=O)C(C)(C)[N+]21C. The third-order valence-electron chi connectivity index (χ3n) is 8.41. The van der Waals surface area contributed by atoms with E-state index < -0.39 is 17.8 Å². The largest absolute Gasteiger partial charge is 0.615 e. The van der Waals surface area contributed by atoms with Crippen LogP contribution < -0.4 is 5.46 Å². The van der Waals surface area contributed by atoms with Crippen LogP contribution >= 0.6 is 23.5 Å². The Bertz CT molecular complexity index is 1400. The fourth-order valence-corrected chi connectivity index (χ4v) is 8.29. The van der Waals surface area contributed by atoms with E-state index in [1.165, 1.54) is 19.6 Å². The maximum absolute atomic E-state index is 13.1. The molecular formula is C27H26BNO4S2. The third-order valence-corrected chi connectivity index (χ3v) is 11.0. The summed E-state index contributed by atoms with van der Waals surface area (Å²) in [6.45, 7) is 4.92. The number of nitrogens with zero attached hydrogens (tertiary/aromatic N) is 1. The van der Waals surface area contributed by atoms with E-state index in [4.69, 9.17) is 9.31 Å². The van der Waals surface area contributed by atoms with Crippen LogP contribution in [0.4, 0.5) is 0 Å². The van der Waals surface area contributed by atoms with Gasteiger partial charge < -0.3 is 13.7 Å². The Morgan fingerprint density at radius 2 is 1.31 bits per heavy atom. The fraction of sp³-hybridized carbons (Fsp3) is 0.259. The number of quaternary nitrogens is 1. The average molecular weight is 503 g/mol. The molecule has 0 atom stereocenters. The minimum absolute atomic E-state index is 0.0476. The van der Waals surface area contributed by atoms with E-state index in [9.17, 15) is 9.59 Å². The van der Waals surface area contributed by atoms with Gasteiger partial charge in [0.25, 0.3) is 0 Å². The summed E-state index contributed by atoms with van der Waals surface area (Å²) in [6, 6.07) is 22.7. The van der Waals surface area contributed by atoms with Crippen LogP contribution in [0, 0.1) is 0 Å². The van der Waals surface area contributed by atoms with Crippen molar-refractivity contribution in [2.45, 2.75) is 58.4 Å². The molecule has 0 aromatic heterocycles. The van der Waals surface area contributed by atoms with Gasteiger partial charge in [0.15, 0.2) is 11.1 Å². The van der Waals surface area contributed by atoms with Gasteiger partial charge in [0.05, 0.1) is 0 Å². The van der Waals surface area contributed by atoms with E-state index in [1.807, 2.05) is 52.9 Å². The lowest BCUT2D eigenvalue weighted by molar-refractivity contribution is -0.885. The molecule has 0 saturated carbocycles. The summed E-state index contributed by atoms with van der Waals surface area (Å²) in [4.78, 5) is 31.2. The van der Waals surface area contributed by atoms with Gasteiger partial charge in [-0.25, -0.2) is 9.59 Å². The van der Waals surface area contributed by atoms with Crippen LogP contribution in [0.3, 0.4) is 0 Å². The predicted octanol–water partition coefficient (Wildman–Crippen LogP) is 5.23. The number of carbonyl (C=O) groups excluding carboxylic acids is 2. The van der Waals surface area contributed by atoms with Gasteiger partial charge in [-0.1, -0.05) is 72.1 Å². The molecule has 5 nitrogen and oxygen atoms in total. The van der Waals surface area contributed by atoms with Gasteiger partial charge >= 0.3 is 18.6 Å². The summed E-state index contributed by atoms with van der Waals surface area (Å²) in [5, 5.41) is 0. The normalized spacial score (nSPS) is 27.5. The van der Waals surface area contributed by atoms with Crippen LogP contribution in [0.15, 0.2) is 86.3 Å². The smallest absolute Gasteiger partial charge is 0.596 e. The van der Waals surface area contributed by atoms with Crippen LogP contribution in [-0.2, 0) is 18.9 Å². The summed E-state index contributed by atoms with van der Waals surface area (Å²) in [5.41, 5.74) is 0.914. The van der Waals surface area contributed by atoms with Gasteiger partial charge in [-0.3, -0.25) is 0 Å². The first-order chi connectivity index (χ1) is 16.5. The molecule has 0 radical (unpaired) electrons. The molecule has 3 heterocycles. The Kier molecular flexibility index (Phi) is 4.67. The van der Waals surface area contributed by atoms with Gasteiger partial charge in [-0.2, -0.15) is 0 Å². The molecule has 0 N–H and O–H groups in total. The first kappa shape index (κ1) is 22.8. The first-order valence-corrected chi connectivity index (χ1v) is 13.3. The lowest BCUT2D eigenvalue weighted by Crippen LogP contribution is -2.77. The summed E-state index contributed by atoms with van der Waals surface area (Å²) in [6.07, 6.45) is 0. The van der Waals surface area contributed by atoms with Crippen LogP contribution in [0.1, 0.15) is 27.7 Å². The zero-order valence-corrected chi connectivity index (χ0v) is 22.0. The monoisotopic (exact) mass is 503 g/mol. The topological polar surface area (TPSA) is 52.6 Å². The number of fused-ring (bicyclic) bond motifs is 3. The van der Waals surface area contributed by atoms with Crippen molar-refractivity contribution in [3.8, 4) is 11.1 Å².